The Kier molecular flexibility index (Phi) is 7.95. The number of phenols is 2. The molecule has 0 bridgehead atoms. The van der Waals surface area contributed by atoms with Gasteiger partial charge in [-0.15, -0.1) is 0 Å². The molecule has 4 nitrogen and oxygen atoms in total. The van der Waals surface area contributed by atoms with Crippen molar-refractivity contribution in [1.29, 1.82) is 0 Å². The second-order valence-electron chi connectivity index (χ2n) is 10.3. The van der Waals surface area contributed by atoms with Gasteiger partial charge in [-0.05, 0) is 40.5 Å². The number of hydrogen-bond acceptors (Lipinski definition) is 4. The monoisotopic (exact) mass is 412 g/mol. The molecule has 2 aromatic rings. The molecule has 2 aromatic carbocycles. The first kappa shape index (κ1) is 24.2. The van der Waals surface area contributed by atoms with Gasteiger partial charge in [0.2, 0.25) is 0 Å². The summed E-state index contributed by atoms with van der Waals surface area (Å²) in [6.45, 7) is 17.3. The molecule has 0 saturated carbocycles. The number of phenolic OH excluding ortho intramolecular Hbond substituents is 2. The molecule has 0 aliphatic heterocycles. The fourth-order valence-electron chi connectivity index (χ4n) is 3.38. The zero-order valence-electron chi connectivity index (χ0n) is 19.8. The van der Waals surface area contributed by atoms with Crippen LogP contribution in [0.5, 0.6) is 11.5 Å². The van der Waals surface area contributed by atoms with Crippen molar-refractivity contribution >= 4 is 0 Å². The van der Waals surface area contributed by atoms with E-state index in [1.807, 2.05) is 12.1 Å². The van der Waals surface area contributed by atoms with Crippen LogP contribution < -0.4 is 10.6 Å². The summed E-state index contributed by atoms with van der Waals surface area (Å²) in [4.78, 5) is 0. The molecule has 0 radical (unpaired) electrons. The third kappa shape index (κ3) is 6.75. The van der Waals surface area contributed by atoms with Crippen molar-refractivity contribution in [2.45, 2.75) is 84.8 Å². The van der Waals surface area contributed by atoms with Gasteiger partial charge in [0.25, 0.3) is 0 Å². The molecule has 0 fully saturated rings. The van der Waals surface area contributed by atoms with Gasteiger partial charge in [-0.25, -0.2) is 0 Å². The normalized spacial score (nSPS) is 13.4. The molecule has 2 rings (SSSR count). The van der Waals surface area contributed by atoms with Gasteiger partial charge in [-0.1, -0.05) is 72.7 Å². The number of rotatable bonds is 8. The molecule has 1 unspecified atom stereocenters. The van der Waals surface area contributed by atoms with E-state index in [2.05, 4.69) is 71.2 Å². The lowest BCUT2D eigenvalue weighted by atomic mass is 9.86. The van der Waals surface area contributed by atoms with Crippen molar-refractivity contribution in [2.24, 2.45) is 0 Å². The molecular weight excluding hydrogens is 372 g/mol. The Morgan fingerprint density at radius 2 is 1.23 bits per heavy atom. The summed E-state index contributed by atoms with van der Waals surface area (Å²) in [5.74, 6) is 0.669. The Labute approximate surface area is 182 Å². The Bertz CT molecular complexity index is 832. The first-order valence-corrected chi connectivity index (χ1v) is 11.0. The first-order chi connectivity index (χ1) is 13.9. The van der Waals surface area contributed by atoms with E-state index in [1.165, 1.54) is 11.1 Å². The van der Waals surface area contributed by atoms with Crippen LogP contribution in [0.3, 0.4) is 0 Å². The van der Waals surface area contributed by atoms with E-state index in [9.17, 15) is 10.2 Å². The molecule has 4 N–H and O–H groups in total. The number of aromatic hydroxyl groups is 2. The van der Waals surface area contributed by atoms with E-state index in [-0.39, 0.29) is 16.9 Å². The summed E-state index contributed by atoms with van der Waals surface area (Å²) in [7, 11) is 0. The topological polar surface area (TPSA) is 64.5 Å². The lowest BCUT2D eigenvalue weighted by Crippen LogP contribution is -2.37. The number of benzene rings is 2. The molecule has 0 aliphatic carbocycles. The van der Waals surface area contributed by atoms with E-state index in [1.54, 1.807) is 12.1 Å². The van der Waals surface area contributed by atoms with E-state index >= 15 is 0 Å². The SMILES string of the molecule is CCC(CNCc1cc(C(C)(C)C)ccc1O)NCc1cc(C(C)(C)C)ccc1O. The minimum atomic E-state index is 0.0533. The molecule has 1 atom stereocenters. The third-order valence-electron chi connectivity index (χ3n) is 5.67. The van der Waals surface area contributed by atoms with Crippen LogP contribution in [0.2, 0.25) is 0 Å². The van der Waals surface area contributed by atoms with Gasteiger partial charge in [0.15, 0.2) is 0 Å². The average Bonchev–Trinajstić information content (AvgIpc) is 2.65. The van der Waals surface area contributed by atoms with E-state index in [4.69, 9.17) is 0 Å². The predicted octanol–water partition coefficient (Wildman–Crippen LogP) is 5.35. The maximum absolute atomic E-state index is 10.2. The van der Waals surface area contributed by atoms with Crippen LogP contribution in [0.25, 0.3) is 0 Å². The summed E-state index contributed by atoms with van der Waals surface area (Å²) in [6, 6.07) is 12.0. The fraction of sp³-hybridized carbons (Fsp3) is 0.538. The maximum atomic E-state index is 10.2. The van der Waals surface area contributed by atoms with Crippen LogP contribution in [-0.2, 0) is 23.9 Å². The molecule has 0 aromatic heterocycles. The van der Waals surface area contributed by atoms with Crippen molar-refractivity contribution in [2.75, 3.05) is 6.54 Å². The van der Waals surface area contributed by atoms with Gasteiger partial charge in [-0.3, -0.25) is 0 Å². The molecule has 166 valence electrons. The van der Waals surface area contributed by atoms with Gasteiger partial charge in [0.1, 0.15) is 11.5 Å². The van der Waals surface area contributed by atoms with E-state index < -0.39 is 0 Å². The highest BCUT2D eigenvalue weighted by atomic mass is 16.3. The van der Waals surface area contributed by atoms with Gasteiger partial charge in [-0.2, -0.15) is 0 Å². The zero-order chi connectivity index (χ0) is 22.5. The third-order valence-corrected chi connectivity index (χ3v) is 5.67. The summed E-state index contributed by atoms with van der Waals surface area (Å²) < 4.78 is 0. The standard InChI is InChI=1S/C26H40N2O2/c1-8-22(28-16-19-14-21(26(5,6)7)10-12-24(19)30)17-27-15-18-13-20(25(2,3)4)9-11-23(18)29/h9-14,22,27-30H,8,15-17H2,1-7H3. The highest BCUT2D eigenvalue weighted by molar-refractivity contribution is 5.39. The van der Waals surface area contributed by atoms with Crippen LogP contribution in [-0.4, -0.2) is 22.8 Å². The van der Waals surface area contributed by atoms with Crippen LogP contribution in [0.4, 0.5) is 0 Å². The van der Waals surface area contributed by atoms with Crippen molar-refractivity contribution in [3.63, 3.8) is 0 Å². The molecule has 30 heavy (non-hydrogen) atoms. The Balaban J connectivity index is 1.95. The van der Waals surface area contributed by atoms with Crippen molar-refractivity contribution < 1.29 is 10.2 Å². The highest BCUT2D eigenvalue weighted by Gasteiger charge is 2.17. The van der Waals surface area contributed by atoms with Crippen molar-refractivity contribution in [1.82, 2.24) is 10.6 Å². The second-order valence-corrected chi connectivity index (χ2v) is 10.3. The lowest BCUT2D eigenvalue weighted by Gasteiger charge is -2.22. The molecule has 0 heterocycles. The summed E-state index contributed by atoms with van der Waals surface area (Å²) in [5, 5.41) is 27.5. The number of nitrogens with one attached hydrogen (secondary N) is 2. The molecular formula is C26H40N2O2. The minimum absolute atomic E-state index is 0.0533. The number of hydrogen-bond donors (Lipinski definition) is 4. The molecule has 4 heteroatoms. The molecule has 0 amide bonds. The molecule has 0 spiro atoms. The predicted molar refractivity (Wildman–Crippen MR) is 126 cm³/mol. The Morgan fingerprint density at radius 3 is 1.67 bits per heavy atom. The summed E-state index contributed by atoms with van der Waals surface area (Å²) in [5.41, 5.74) is 4.40. The van der Waals surface area contributed by atoms with Crippen molar-refractivity contribution in [3.05, 3.63) is 58.7 Å². The van der Waals surface area contributed by atoms with Crippen LogP contribution in [0.1, 0.15) is 77.1 Å². The quantitative estimate of drug-likeness (QED) is 0.472. The smallest absolute Gasteiger partial charge is 0.120 e. The van der Waals surface area contributed by atoms with E-state index in [0.717, 1.165) is 24.1 Å². The average molecular weight is 413 g/mol. The first-order valence-electron chi connectivity index (χ1n) is 11.0. The highest BCUT2D eigenvalue weighted by Crippen LogP contribution is 2.28. The lowest BCUT2D eigenvalue weighted by molar-refractivity contribution is 0.432. The maximum Gasteiger partial charge on any atom is 0.120 e. The van der Waals surface area contributed by atoms with Gasteiger partial charge in [0.05, 0.1) is 0 Å². The summed E-state index contributed by atoms with van der Waals surface area (Å²) >= 11 is 0. The largest absolute Gasteiger partial charge is 0.508 e. The van der Waals surface area contributed by atoms with Crippen LogP contribution in [0.15, 0.2) is 36.4 Å². The molecule has 0 aliphatic rings. The molecule has 0 saturated heterocycles. The van der Waals surface area contributed by atoms with E-state index in [0.29, 0.717) is 24.6 Å². The Morgan fingerprint density at radius 1 is 0.767 bits per heavy atom. The van der Waals surface area contributed by atoms with Crippen LogP contribution >= 0.6 is 0 Å². The van der Waals surface area contributed by atoms with Gasteiger partial charge < -0.3 is 20.8 Å². The zero-order valence-corrected chi connectivity index (χ0v) is 19.8. The minimum Gasteiger partial charge on any atom is -0.508 e. The van der Waals surface area contributed by atoms with Crippen molar-refractivity contribution in [3.8, 4) is 11.5 Å². The van der Waals surface area contributed by atoms with Gasteiger partial charge >= 0.3 is 0 Å². The van der Waals surface area contributed by atoms with Crippen LogP contribution in [0, 0.1) is 0 Å². The van der Waals surface area contributed by atoms with Gasteiger partial charge in [0, 0.05) is 36.8 Å². The summed E-state index contributed by atoms with van der Waals surface area (Å²) in [6.07, 6.45) is 0.973. The second kappa shape index (κ2) is 9.84. The fourth-order valence-corrected chi connectivity index (χ4v) is 3.38. The Hall–Kier alpha value is -2.04.